The molecule has 1 aromatic heterocycles. The van der Waals surface area contributed by atoms with Gasteiger partial charge in [-0.3, -0.25) is 9.89 Å². The second-order valence-corrected chi connectivity index (χ2v) is 5.84. The number of carbonyl (C=O) groups is 1. The maximum Gasteiger partial charge on any atom is 0.224 e. The number of hydrogen-bond donors (Lipinski definition) is 2. The summed E-state index contributed by atoms with van der Waals surface area (Å²) in [5.74, 6) is 1.52. The topological polar surface area (TPSA) is 87.9 Å². The number of likely N-dealkylation sites (tertiary alicyclic amines) is 1. The van der Waals surface area contributed by atoms with Crippen LogP contribution in [-0.2, 0) is 4.79 Å². The van der Waals surface area contributed by atoms with E-state index in [1.165, 1.54) is 0 Å². The summed E-state index contributed by atoms with van der Waals surface area (Å²) in [6, 6.07) is 9.68. The van der Waals surface area contributed by atoms with E-state index < -0.39 is 0 Å². The normalized spacial score (nSPS) is 19.4. The summed E-state index contributed by atoms with van der Waals surface area (Å²) in [6.45, 7) is 2.61. The summed E-state index contributed by atoms with van der Waals surface area (Å²) < 4.78 is 0. The number of nitrogens with zero attached hydrogens (tertiary/aromatic N) is 3. The molecule has 22 heavy (non-hydrogen) atoms. The molecule has 116 valence electrons. The van der Waals surface area contributed by atoms with Crippen molar-refractivity contribution in [3.63, 3.8) is 0 Å². The van der Waals surface area contributed by atoms with Gasteiger partial charge in [0.2, 0.25) is 5.91 Å². The molecule has 0 radical (unpaired) electrons. The molecule has 2 heterocycles. The molecule has 6 heteroatoms. The Morgan fingerprint density at radius 1 is 1.45 bits per heavy atom. The second kappa shape index (κ2) is 6.27. The summed E-state index contributed by atoms with van der Waals surface area (Å²) in [5.41, 5.74) is 6.71. The summed E-state index contributed by atoms with van der Waals surface area (Å²) in [6.07, 6.45) is 2.26. The molecule has 6 nitrogen and oxygen atoms in total. The molecule has 0 bridgehead atoms. The van der Waals surface area contributed by atoms with Crippen LogP contribution in [0.25, 0.3) is 11.4 Å². The maximum absolute atomic E-state index is 12.3. The van der Waals surface area contributed by atoms with E-state index in [1.807, 2.05) is 42.2 Å². The molecule has 1 fully saturated rings. The minimum absolute atomic E-state index is 0.0174. The Morgan fingerprint density at radius 3 is 2.95 bits per heavy atom. The first kappa shape index (κ1) is 14.7. The predicted octanol–water partition coefficient (Wildman–Crippen LogP) is 1.87. The number of amides is 1. The number of H-pyrrole nitrogens is 1. The van der Waals surface area contributed by atoms with Crippen molar-refractivity contribution in [2.45, 2.75) is 38.3 Å². The van der Waals surface area contributed by atoms with Crippen LogP contribution in [0.3, 0.4) is 0 Å². The highest BCUT2D eigenvalue weighted by Gasteiger charge is 2.32. The quantitative estimate of drug-likeness (QED) is 0.902. The van der Waals surface area contributed by atoms with Crippen LogP contribution >= 0.6 is 0 Å². The molecule has 0 saturated carbocycles. The Labute approximate surface area is 129 Å². The number of carbonyl (C=O) groups excluding carboxylic acids is 1. The van der Waals surface area contributed by atoms with Gasteiger partial charge < -0.3 is 10.6 Å². The van der Waals surface area contributed by atoms with Crippen LogP contribution in [0.2, 0.25) is 0 Å². The van der Waals surface area contributed by atoms with Gasteiger partial charge in [0.15, 0.2) is 5.82 Å². The lowest BCUT2D eigenvalue weighted by Gasteiger charge is -2.23. The fraction of sp³-hybridized carbons (Fsp3) is 0.438. The van der Waals surface area contributed by atoms with Crippen LogP contribution in [0.1, 0.15) is 38.1 Å². The van der Waals surface area contributed by atoms with E-state index in [2.05, 4.69) is 15.2 Å². The first-order valence-electron chi connectivity index (χ1n) is 7.68. The van der Waals surface area contributed by atoms with Gasteiger partial charge >= 0.3 is 0 Å². The molecule has 2 unspecified atom stereocenters. The zero-order valence-electron chi connectivity index (χ0n) is 12.7. The van der Waals surface area contributed by atoms with Gasteiger partial charge in [0.1, 0.15) is 5.82 Å². The van der Waals surface area contributed by atoms with E-state index >= 15 is 0 Å². The van der Waals surface area contributed by atoms with Gasteiger partial charge in [-0.15, -0.1) is 0 Å². The van der Waals surface area contributed by atoms with Crippen molar-refractivity contribution in [2.24, 2.45) is 5.73 Å². The van der Waals surface area contributed by atoms with E-state index in [0.29, 0.717) is 12.2 Å². The molecule has 0 aliphatic carbocycles. The van der Waals surface area contributed by atoms with E-state index in [0.717, 1.165) is 30.8 Å². The highest BCUT2D eigenvalue weighted by Crippen LogP contribution is 2.31. The molecule has 0 spiro atoms. The van der Waals surface area contributed by atoms with Crippen LogP contribution in [0, 0.1) is 0 Å². The summed E-state index contributed by atoms with van der Waals surface area (Å²) in [7, 11) is 0. The standard InChI is InChI=1S/C16H21N5O/c1-11(17)10-14(22)21-9-5-8-13(21)16-18-15(19-20-16)12-6-3-2-4-7-12/h2-4,6-7,11,13H,5,8-10,17H2,1H3,(H,18,19,20). The van der Waals surface area contributed by atoms with Gasteiger partial charge in [-0.2, -0.15) is 5.10 Å². The number of aromatic amines is 1. The number of hydrogen-bond acceptors (Lipinski definition) is 4. The second-order valence-electron chi connectivity index (χ2n) is 5.84. The zero-order valence-corrected chi connectivity index (χ0v) is 12.7. The molecule has 3 rings (SSSR count). The van der Waals surface area contributed by atoms with Crippen LogP contribution in [0.4, 0.5) is 0 Å². The largest absolute Gasteiger partial charge is 0.332 e. The Balaban J connectivity index is 1.79. The molecule has 2 atom stereocenters. The van der Waals surface area contributed by atoms with Crippen molar-refractivity contribution in [2.75, 3.05) is 6.54 Å². The van der Waals surface area contributed by atoms with Gasteiger partial charge in [0.25, 0.3) is 0 Å². The zero-order chi connectivity index (χ0) is 15.5. The summed E-state index contributed by atoms with van der Waals surface area (Å²) >= 11 is 0. The highest BCUT2D eigenvalue weighted by molar-refractivity contribution is 5.77. The maximum atomic E-state index is 12.3. The Kier molecular flexibility index (Phi) is 4.20. The molecule has 1 aliphatic heterocycles. The first-order chi connectivity index (χ1) is 10.6. The van der Waals surface area contributed by atoms with Gasteiger partial charge in [-0.1, -0.05) is 30.3 Å². The number of nitrogens with one attached hydrogen (secondary N) is 1. The van der Waals surface area contributed by atoms with E-state index in [4.69, 9.17) is 5.73 Å². The highest BCUT2D eigenvalue weighted by atomic mass is 16.2. The fourth-order valence-electron chi connectivity index (χ4n) is 2.88. The number of rotatable bonds is 4. The minimum Gasteiger partial charge on any atom is -0.332 e. The van der Waals surface area contributed by atoms with Crippen LogP contribution < -0.4 is 5.73 Å². The minimum atomic E-state index is -0.122. The van der Waals surface area contributed by atoms with Crippen molar-refractivity contribution in [3.05, 3.63) is 36.2 Å². The van der Waals surface area contributed by atoms with Crippen molar-refractivity contribution in [3.8, 4) is 11.4 Å². The van der Waals surface area contributed by atoms with Crippen LogP contribution in [-0.4, -0.2) is 38.6 Å². The molecule has 1 aliphatic rings. The van der Waals surface area contributed by atoms with E-state index in [1.54, 1.807) is 0 Å². The van der Waals surface area contributed by atoms with Crippen LogP contribution in [0.5, 0.6) is 0 Å². The third kappa shape index (κ3) is 3.01. The Hall–Kier alpha value is -2.21. The molecule has 1 aromatic carbocycles. The lowest BCUT2D eigenvalue weighted by Crippen LogP contribution is -2.34. The average Bonchev–Trinajstić information content (AvgIpc) is 3.16. The van der Waals surface area contributed by atoms with Crippen molar-refractivity contribution in [1.82, 2.24) is 20.1 Å². The Bertz CT molecular complexity index is 637. The van der Waals surface area contributed by atoms with E-state index in [-0.39, 0.29) is 18.0 Å². The van der Waals surface area contributed by atoms with Crippen LogP contribution in [0.15, 0.2) is 30.3 Å². The predicted molar refractivity (Wildman–Crippen MR) is 83.8 cm³/mol. The molecule has 1 amide bonds. The Morgan fingerprint density at radius 2 is 2.23 bits per heavy atom. The van der Waals surface area contributed by atoms with Gasteiger partial charge in [-0.25, -0.2) is 4.98 Å². The number of nitrogens with two attached hydrogens (primary N) is 1. The first-order valence-corrected chi connectivity index (χ1v) is 7.68. The van der Waals surface area contributed by atoms with Crippen molar-refractivity contribution < 1.29 is 4.79 Å². The molecule has 2 aromatic rings. The molecule has 1 saturated heterocycles. The third-order valence-electron chi connectivity index (χ3n) is 3.92. The number of benzene rings is 1. The van der Waals surface area contributed by atoms with Gasteiger partial charge in [-0.05, 0) is 19.8 Å². The van der Waals surface area contributed by atoms with Crippen molar-refractivity contribution in [1.29, 1.82) is 0 Å². The van der Waals surface area contributed by atoms with Gasteiger partial charge in [0, 0.05) is 24.6 Å². The molecule has 3 N–H and O–H groups in total. The van der Waals surface area contributed by atoms with Crippen molar-refractivity contribution >= 4 is 5.91 Å². The van der Waals surface area contributed by atoms with E-state index in [9.17, 15) is 4.79 Å². The fourth-order valence-corrected chi connectivity index (χ4v) is 2.88. The average molecular weight is 299 g/mol. The SMILES string of the molecule is CC(N)CC(=O)N1CCCC1c1nc(-c2ccccc2)n[nH]1. The summed E-state index contributed by atoms with van der Waals surface area (Å²) in [4.78, 5) is 18.8. The smallest absolute Gasteiger partial charge is 0.224 e. The number of aromatic nitrogens is 3. The van der Waals surface area contributed by atoms with Gasteiger partial charge in [0.05, 0.1) is 6.04 Å². The lowest BCUT2D eigenvalue weighted by molar-refractivity contribution is -0.132. The summed E-state index contributed by atoms with van der Waals surface area (Å²) in [5, 5.41) is 7.29. The third-order valence-corrected chi connectivity index (χ3v) is 3.92. The molecular formula is C16H21N5O. The lowest BCUT2D eigenvalue weighted by atomic mass is 10.2. The monoisotopic (exact) mass is 299 g/mol. The molecular weight excluding hydrogens is 278 g/mol.